The lowest BCUT2D eigenvalue weighted by atomic mass is 9.88. The van der Waals surface area contributed by atoms with Crippen LogP contribution in [0, 0.1) is 11.3 Å². The van der Waals surface area contributed by atoms with Gasteiger partial charge in [0, 0.05) is 18.9 Å². The molecule has 0 unspecified atom stereocenters. The third-order valence-corrected chi connectivity index (χ3v) is 5.94. The fraction of sp³-hybridized carbons (Fsp3) is 0.423. The number of aliphatic carboxylic acids is 1. The van der Waals surface area contributed by atoms with Gasteiger partial charge in [0.05, 0.1) is 0 Å². The maximum Gasteiger partial charge on any atom is 0.407 e. The quantitative estimate of drug-likeness (QED) is 0.530. The van der Waals surface area contributed by atoms with E-state index in [1.807, 2.05) is 38.1 Å². The second-order valence-electron chi connectivity index (χ2n) is 9.65. The van der Waals surface area contributed by atoms with Crippen LogP contribution in [0.4, 0.5) is 4.79 Å². The van der Waals surface area contributed by atoms with Crippen LogP contribution < -0.4 is 10.6 Å². The highest BCUT2D eigenvalue weighted by Gasteiger charge is 2.30. The Bertz CT molecular complexity index is 985. The fourth-order valence-electron chi connectivity index (χ4n) is 4.20. The van der Waals surface area contributed by atoms with Crippen LogP contribution in [0.5, 0.6) is 0 Å². The zero-order valence-corrected chi connectivity index (χ0v) is 19.6. The first-order chi connectivity index (χ1) is 15.6. The minimum Gasteiger partial charge on any atom is -0.480 e. The summed E-state index contributed by atoms with van der Waals surface area (Å²) in [5, 5.41) is 14.6. The lowest BCUT2D eigenvalue weighted by Crippen LogP contribution is -2.46. The Hall–Kier alpha value is -3.35. The summed E-state index contributed by atoms with van der Waals surface area (Å²) in [6.07, 6.45) is -0.469. The van der Waals surface area contributed by atoms with Gasteiger partial charge in [-0.05, 0) is 33.6 Å². The van der Waals surface area contributed by atoms with Crippen molar-refractivity contribution in [2.75, 3.05) is 13.2 Å². The lowest BCUT2D eigenvalue weighted by Gasteiger charge is -2.26. The monoisotopic (exact) mass is 452 g/mol. The lowest BCUT2D eigenvalue weighted by molar-refractivity contribution is -0.143. The summed E-state index contributed by atoms with van der Waals surface area (Å²) in [5.41, 5.74) is 4.03. The highest BCUT2D eigenvalue weighted by Crippen LogP contribution is 2.44. The summed E-state index contributed by atoms with van der Waals surface area (Å²) in [6, 6.07) is 15.3. The molecule has 2 aromatic carbocycles. The van der Waals surface area contributed by atoms with E-state index in [2.05, 4.69) is 34.9 Å². The first-order valence-electron chi connectivity index (χ1n) is 11.2. The van der Waals surface area contributed by atoms with E-state index in [4.69, 9.17) is 4.74 Å². The van der Waals surface area contributed by atoms with Crippen LogP contribution >= 0.6 is 0 Å². The van der Waals surface area contributed by atoms with Crippen molar-refractivity contribution in [1.29, 1.82) is 0 Å². The Morgan fingerprint density at radius 2 is 1.55 bits per heavy atom. The van der Waals surface area contributed by atoms with E-state index in [-0.39, 0.29) is 37.3 Å². The molecule has 3 rings (SSSR count). The number of rotatable bonds is 9. The van der Waals surface area contributed by atoms with Crippen molar-refractivity contribution >= 4 is 18.0 Å². The van der Waals surface area contributed by atoms with E-state index in [9.17, 15) is 19.5 Å². The average Bonchev–Trinajstić information content (AvgIpc) is 3.08. The number of carbonyl (C=O) groups is 3. The molecule has 0 aromatic heterocycles. The van der Waals surface area contributed by atoms with Crippen molar-refractivity contribution in [2.45, 2.75) is 46.1 Å². The third-order valence-electron chi connectivity index (χ3n) is 5.94. The van der Waals surface area contributed by atoms with Gasteiger partial charge in [-0.1, -0.05) is 76.2 Å². The summed E-state index contributed by atoms with van der Waals surface area (Å²) < 4.78 is 5.54. The standard InChI is InChI=1S/C26H32N2O5/c1-16(2)23(24(30)31)28-22(29)13-26(3,4)15-27-25(32)33-14-21-19-11-7-5-9-17(19)18-10-6-8-12-20(18)21/h5-12,16,21,23H,13-15H2,1-4H3,(H,27,32)(H,28,29)(H,30,31)/t23-/m0/s1. The van der Waals surface area contributed by atoms with Gasteiger partial charge < -0.3 is 20.5 Å². The van der Waals surface area contributed by atoms with Crippen LogP contribution in [0.1, 0.15) is 51.2 Å². The number of ether oxygens (including phenoxy) is 1. The van der Waals surface area contributed by atoms with Gasteiger partial charge in [-0.2, -0.15) is 0 Å². The van der Waals surface area contributed by atoms with Gasteiger partial charge in [-0.3, -0.25) is 4.79 Å². The van der Waals surface area contributed by atoms with Gasteiger partial charge >= 0.3 is 12.1 Å². The molecule has 0 saturated carbocycles. The zero-order chi connectivity index (χ0) is 24.2. The predicted octanol–water partition coefficient (Wildman–Crippen LogP) is 4.17. The number of hydrogen-bond donors (Lipinski definition) is 3. The van der Waals surface area contributed by atoms with E-state index in [1.54, 1.807) is 13.8 Å². The first-order valence-corrected chi connectivity index (χ1v) is 11.2. The smallest absolute Gasteiger partial charge is 0.407 e. The molecule has 7 heteroatoms. The minimum absolute atomic E-state index is 0.0223. The number of carboxylic acids is 1. The number of nitrogens with one attached hydrogen (secondary N) is 2. The number of amides is 2. The molecule has 2 amide bonds. The number of alkyl carbamates (subject to hydrolysis) is 1. The molecule has 1 aliphatic carbocycles. The topological polar surface area (TPSA) is 105 Å². The predicted molar refractivity (Wildman–Crippen MR) is 126 cm³/mol. The van der Waals surface area contributed by atoms with E-state index >= 15 is 0 Å². The van der Waals surface area contributed by atoms with E-state index in [1.165, 1.54) is 0 Å². The normalized spacial score (nSPS) is 13.7. The van der Waals surface area contributed by atoms with Gasteiger partial charge in [-0.25, -0.2) is 9.59 Å². The molecule has 0 aliphatic heterocycles. The molecule has 0 bridgehead atoms. The molecule has 1 atom stereocenters. The minimum atomic E-state index is -1.06. The molecule has 0 heterocycles. The molecule has 0 spiro atoms. The summed E-state index contributed by atoms with van der Waals surface area (Å²) >= 11 is 0. The van der Waals surface area contributed by atoms with Crippen LogP contribution in [0.3, 0.4) is 0 Å². The van der Waals surface area contributed by atoms with Crippen molar-refractivity contribution in [3.8, 4) is 11.1 Å². The molecule has 1 aliphatic rings. The molecule has 2 aromatic rings. The molecule has 176 valence electrons. The molecule has 7 nitrogen and oxygen atoms in total. The Morgan fingerprint density at radius 1 is 1.00 bits per heavy atom. The molecule has 33 heavy (non-hydrogen) atoms. The van der Waals surface area contributed by atoms with Crippen LogP contribution in [-0.2, 0) is 14.3 Å². The molecular formula is C26H32N2O5. The summed E-state index contributed by atoms with van der Waals surface area (Å²) in [5.74, 6) is -1.68. The number of benzene rings is 2. The second kappa shape index (κ2) is 10.1. The number of carboxylic acid groups (broad SMARTS) is 1. The van der Waals surface area contributed by atoms with Gasteiger partial charge in [0.25, 0.3) is 0 Å². The highest BCUT2D eigenvalue weighted by atomic mass is 16.5. The maximum atomic E-state index is 12.4. The summed E-state index contributed by atoms with van der Waals surface area (Å²) in [6.45, 7) is 7.58. The van der Waals surface area contributed by atoms with E-state index in [0.29, 0.717) is 0 Å². The van der Waals surface area contributed by atoms with Crippen molar-refractivity contribution in [3.05, 3.63) is 59.7 Å². The van der Waals surface area contributed by atoms with Gasteiger partial charge in [0.15, 0.2) is 0 Å². The van der Waals surface area contributed by atoms with E-state index < -0.39 is 23.5 Å². The van der Waals surface area contributed by atoms with Crippen molar-refractivity contribution < 1.29 is 24.2 Å². The Balaban J connectivity index is 1.52. The molecule has 3 N–H and O–H groups in total. The zero-order valence-electron chi connectivity index (χ0n) is 19.6. The van der Waals surface area contributed by atoms with Gasteiger partial charge in [-0.15, -0.1) is 0 Å². The highest BCUT2D eigenvalue weighted by molar-refractivity contribution is 5.84. The van der Waals surface area contributed by atoms with Crippen molar-refractivity contribution in [2.24, 2.45) is 11.3 Å². The van der Waals surface area contributed by atoms with E-state index in [0.717, 1.165) is 22.3 Å². The van der Waals surface area contributed by atoms with Crippen LogP contribution in [0.15, 0.2) is 48.5 Å². The summed E-state index contributed by atoms with van der Waals surface area (Å²) in [4.78, 5) is 36.0. The summed E-state index contributed by atoms with van der Waals surface area (Å²) in [7, 11) is 0. The number of carbonyl (C=O) groups excluding carboxylic acids is 2. The Labute approximate surface area is 194 Å². The number of hydrogen-bond acceptors (Lipinski definition) is 4. The van der Waals surface area contributed by atoms with Gasteiger partial charge in [0.2, 0.25) is 5.91 Å². The van der Waals surface area contributed by atoms with Crippen LogP contribution in [0.25, 0.3) is 11.1 Å². The Kier molecular flexibility index (Phi) is 7.41. The largest absolute Gasteiger partial charge is 0.480 e. The molecular weight excluding hydrogens is 420 g/mol. The fourth-order valence-corrected chi connectivity index (χ4v) is 4.20. The maximum absolute atomic E-state index is 12.4. The SMILES string of the molecule is CC(C)[C@H](NC(=O)CC(C)(C)CNC(=O)OCC1c2ccccc2-c2ccccc21)C(=O)O. The molecule has 0 radical (unpaired) electrons. The van der Waals surface area contributed by atoms with Crippen LogP contribution in [0.2, 0.25) is 0 Å². The second-order valence-corrected chi connectivity index (χ2v) is 9.65. The number of fused-ring (bicyclic) bond motifs is 3. The van der Waals surface area contributed by atoms with Crippen molar-refractivity contribution in [1.82, 2.24) is 10.6 Å². The van der Waals surface area contributed by atoms with Gasteiger partial charge in [0.1, 0.15) is 12.6 Å². The molecule has 0 fully saturated rings. The Morgan fingerprint density at radius 3 is 2.06 bits per heavy atom. The van der Waals surface area contributed by atoms with Crippen LogP contribution in [-0.4, -0.2) is 42.3 Å². The third kappa shape index (κ3) is 5.92. The van der Waals surface area contributed by atoms with Crippen molar-refractivity contribution in [3.63, 3.8) is 0 Å². The molecule has 0 saturated heterocycles. The average molecular weight is 453 g/mol. The first kappa shape index (κ1) is 24.3.